The number of benzene rings is 2. The van der Waals surface area contributed by atoms with E-state index in [1.54, 1.807) is 6.07 Å². The van der Waals surface area contributed by atoms with Crippen molar-refractivity contribution in [3.8, 4) is 0 Å². The van der Waals surface area contributed by atoms with Gasteiger partial charge in [0.2, 0.25) is 17.7 Å². The molecule has 0 spiro atoms. The molecule has 0 aromatic heterocycles. The molecule has 0 bridgehead atoms. The molecule has 3 amide bonds. The molecule has 0 aliphatic carbocycles. The van der Waals surface area contributed by atoms with Crippen LogP contribution in [-0.4, -0.2) is 45.7 Å². The third-order valence-corrected chi connectivity index (χ3v) is 7.80. The number of nitrogens with one attached hydrogen (secondary N) is 5. The molecule has 0 radical (unpaired) electrons. The van der Waals surface area contributed by atoms with Gasteiger partial charge in [-0.05, 0) is 61.5 Å². The average Bonchev–Trinajstić information content (AvgIpc) is 2.76. The van der Waals surface area contributed by atoms with E-state index in [9.17, 15) is 31.2 Å². The van der Waals surface area contributed by atoms with Gasteiger partial charge in [-0.25, -0.2) is 26.3 Å². The Morgan fingerprint density at radius 3 is 1.49 bits per heavy atom. The van der Waals surface area contributed by atoms with Crippen molar-refractivity contribution in [3.05, 3.63) is 47.5 Å². The van der Waals surface area contributed by atoms with Gasteiger partial charge in [0.25, 0.3) is 20.0 Å². The minimum absolute atomic E-state index is 0.0230. The molecule has 210 valence electrons. The van der Waals surface area contributed by atoms with E-state index >= 15 is 0 Å². The van der Waals surface area contributed by atoms with Gasteiger partial charge in [0.1, 0.15) is 0 Å². The van der Waals surface area contributed by atoms with Crippen LogP contribution >= 0.6 is 12.2 Å². The monoisotopic (exact) mass is 595 g/mol. The smallest absolute Gasteiger partial charge is 0.264 e. The van der Waals surface area contributed by atoms with E-state index in [0.29, 0.717) is 5.69 Å². The second-order valence-corrected chi connectivity index (χ2v) is 12.3. The van der Waals surface area contributed by atoms with Gasteiger partial charge < -0.3 is 16.0 Å². The molecule has 0 heterocycles. The number of anilines is 2. The van der Waals surface area contributed by atoms with Gasteiger partial charge in [-0.3, -0.25) is 14.4 Å². The van der Waals surface area contributed by atoms with Crippen LogP contribution < -0.4 is 25.4 Å². The molecule has 5 N–H and O–H groups in total. The van der Waals surface area contributed by atoms with E-state index in [1.165, 1.54) is 43.3 Å². The Morgan fingerprint density at radius 2 is 1.13 bits per heavy atom. The SMILES string of the molecule is CC(=O)Nc1ccc(C=Cc2ccc(NC(=S)NC(C)C)cc2S(=O)(=O)NC(C)=O)c(S(=O)(=O)NC(C)=O)c1. The summed E-state index contributed by atoms with van der Waals surface area (Å²) in [5, 5.41) is 8.56. The van der Waals surface area contributed by atoms with Crippen LogP contribution in [0.25, 0.3) is 12.2 Å². The van der Waals surface area contributed by atoms with Crippen LogP contribution in [0.3, 0.4) is 0 Å². The summed E-state index contributed by atoms with van der Waals surface area (Å²) in [5.41, 5.74) is 0.692. The van der Waals surface area contributed by atoms with Crippen molar-refractivity contribution in [2.24, 2.45) is 0 Å². The molecule has 0 aliphatic rings. The highest BCUT2D eigenvalue weighted by molar-refractivity contribution is 7.90. The number of thiocarbonyl (C=S) groups is 1. The second kappa shape index (κ2) is 12.8. The van der Waals surface area contributed by atoms with Crippen LogP contribution in [0.15, 0.2) is 46.2 Å². The third kappa shape index (κ3) is 9.46. The molecule has 0 aliphatic heterocycles. The van der Waals surface area contributed by atoms with Crippen LogP contribution in [0.5, 0.6) is 0 Å². The Morgan fingerprint density at radius 1 is 0.718 bits per heavy atom. The summed E-state index contributed by atoms with van der Waals surface area (Å²) < 4.78 is 55.4. The fourth-order valence-electron chi connectivity index (χ4n) is 3.27. The summed E-state index contributed by atoms with van der Waals surface area (Å²) in [4.78, 5) is 33.9. The molecular formula is C24H29N5O7S3. The summed E-state index contributed by atoms with van der Waals surface area (Å²) in [7, 11) is -8.67. The zero-order valence-electron chi connectivity index (χ0n) is 21.8. The number of sulfonamides is 2. The van der Waals surface area contributed by atoms with Crippen molar-refractivity contribution in [2.45, 2.75) is 50.5 Å². The van der Waals surface area contributed by atoms with Gasteiger partial charge >= 0.3 is 0 Å². The normalized spacial score (nSPS) is 11.6. The van der Waals surface area contributed by atoms with Gasteiger partial charge in [0.15, 0.2) is 5.11 Å². The molecule has 2 aromatic carbocycles. The summed E-state index contributed by atoms with van der Waals surface area (Å²) in [6.45, 7) is 7.07. The molecule has 2 rings (SSSR count). The lowest BCUT2D eigenvalue weighted by Crippen LogP contribution is -2.34. The van der Waals surface area contributed by atoms with Gasteiger partial charge in [-0.15, -0.1) is 0 Å². The predicted molar refractivity (Wildman–Crippen MR) is 153 cm³/mol. The molecule has 2 aromatic rings. The average molecular weight is 596 g/mol. The first-order valence-corrected chi connectivity index (χ1v) is 14.8. The Bertz CT molecular complexity index is 1550. The molecule has 0 atom stereocenters. The molecule has 0 unspecified atom stereocenters. The van der Waals surface area contributed by atoms with Crippen molar-refractivity contribution in [2.75, 3.05) is 10.6 Å². The second-order valence-electron chi connectivity index (χ2n) is 8.60. The number of hydrogen-bond donors (Lipinski definition) is 5. The Kier molecular flexibility index (Phi) is 10.3. The van der Waals surface area contributed by atoms with E-state index in [4.69, 9.17) is 12.2 Å². The number of rotatable bonds is 9. The number of carbonyl (C=O) groups excluding carboxylic acids is 3. The lowest BCUT2D eigenvalue weighted by molar-refractivity contribution is -0.118. The van der Waals surface area contributed by atoms with Crippen molar-refractivity contribution in [1.29, 1.82) is 0 Å². The Labute approximate surface area is 232 Å². The summed E-state index contributed by atoms with van der Waals surface area (Å²) in [6, 6.07) is 8.28. The van der Waals surface area contributed by atoms with Gasteiger partial charge in [-0.2, -0.15) is 0 Å². The lowest BCUT2D eigenvalue weighted by atomic mass is 10.1. The van der Waals surface area contributed by atoms with Crippen LogP contribution in [0.2, 0.25) is 0 Å². The Balaban J connectivity index is 2.65. The fourth-order valence-corrected chi connectivity index (χ4v) is 6.05. The quantitative estimate of drug-likeness (QED) is 0.213. The van der Waals surface area contributed by atoms with Crippen LogP contribution in [0, 0.1) is 0 Å². The zero-order valence-corrected chi connectivity index (χ0v) is 24.2. The van der Waals surface area contributed by atoms with Gasteiger partial charge in [0.05, 0.1) is 9.79 Å². The van der Waals surface area contributed by atoms with Crippen LogP contribution in [0.4, 0.5) is 11.4 Å². The first kappa shape index (κ1) is 31.4. The zero-order chi connectivity index (χ0) is 29.5. The van der Waals surface area contributed by atoms with Crippen molar-refractivity contribution >= 4 is 78.6 Å². The predicted octanol–water partition coefficient (Wildman–Crippen LogP) is 2.16. The lowest BCUT2D eigenvalue weighted by Gasteiger charge is -2.15. The molecule has 39 heavy (non-hydrogen) atoms. The fraction of sp³-hybridized carbons (Fsp3) is 0.250. The maximum Gasteiger partial charge on any atom is 0.264 e. The first-order chi connectivity index (χ1) is 18.0. The minimum atomic E-state index is -4.35. The van der Waals surface area contributed by atoms with Crippen molar-refractivity contribution in [3.63, 3.8) is 0 Å². The maximum atomic E-state index is 13.0. The molecule has 12 nitrogen and oxygen atoms in total. The standard InChI is InChI=1S/C24H29N5O7S3/c1-14(2)25-24(37)27-21-11-9-19(23(13-21)39(35,36)29-17(5)32)7-6-18-8-10-20(26-15(3)30)12-22(18)38(33,34)28-16(4)31/h6-14H,1-5H3,(H,26,30)(H,28,31)(H,29,32)(H2,25,27,37). The Hall–Kier alpha value is -3.82. The minimum Gasteiger partial charge on any atom is -0.360 e. The molecule has 0 fully saturated rings. The number of amides is 3. The van der Waals surface area contributed by atoms with Gasteiger partial charge in [0, 0.05) is 38.2 Å². The highest BCUT2D eigenvalue weighted by Gasteiger charge is 2.22. The van der Waals surface area contributed by atoms with Crippen molar-refractivity contribution < 1.29 is 31.2 Å². The highest BCUT2D eigenvalue weighted by atomic mass is 32.2. The number of hydrogen-bond acceptors (Lipinski definition) is 8. The van der Waals surface area contributed by atoms with E-state index in [1.807, 2.05) is 23.3 Å². The largest absolute Gasteiger partial charge is 0.360 e. The highest BCUT2D eigenvalue weighted by Crippen LogP contribution is 2.26. The van der Waals surface area contributed by atoms with Crippen LogP contribution in [0.1, 0.15) is 45.7 Å². The topological polar surface area (TPSA) is 180 Å². The van der Waals surface area contributed by atoms with Crippen molar-refractivity contribution in [1.82, 2.24) is 14.8 Å². The van der Waals surface area contributed by atoms with Crippen LogP contribution in [-0.2, 0) is 34.4 Å². The third-order valence-electron chi connectivity index (χ3n) is 4.60. The van der Waals surface area contributed by atoms with E-state index in [-0.39, 0.29) is 37.8 Å². The molecule has 15 heteroatoms. The van der Waals surface area contributed by atoms with E-state index < -0.39 is 37.8 Å². The maximum absolute atomic E-state index is 13.0. The molecule has 0 saturated heterocycles. The van der Waals surface area contributed by atoms with Gasteiger partial charge in [-0.1, -0.05) is 24.3 Å². The molecular weight excluding hydrogens is 566 g/mol. The number of carbonyl (C=O) groups is 3. The van der Waals surface area contributed by atoms with E-state index in [0.717, 1.165) is 19.9 Å². The first-order valence-electron chi connectivity index (χ1n) is 11.4. The summed E-state index contributed by atoms with van der Waals surface area (Å²) in [6.07, 6.45) is 2.66. The molecule has 0 saturated carbocycles. The summed E-state index contributed by atoms with van der Waals surface area (Å²) >= 11 is 5.21. The van der Waals surface area contributed by atoms with E-state index in [2.05, 4.69) is 16.0 Å². The summed E-state index contributed by atoms with van der Waals surface area (Å²) in [5.74, 6) is -2.07.